The van der Waals surface area contributed by atoms with Gasteiger partial charge in [0.2, 0.25) is 0 Å². The van der Waals surface area contributed by atoms with E-state index in [1.807, 2.05) is 6.92 Å². The van der Waals surface area contributed by atoms with Gasteiger partial charge >= 0.3 is 6.03 Å². The molecule has 0 radical (unpaired) electrons. The standard InChI is InChI=1S/C21H20F2N2O3/c1-2-3-12-21(15-6-10-17(23)11-7-15)19(27)25(20(28)24-21)13-18(26)14-4-8-16(22)9-5-14/h4-11H,2-3,12-13H2,1H3,(H,24,28)/t21-/m1/s1. The van der Waals surface area contributed by atoms with Gasteiger partial charge in [0.1, 0.15) is 17.2 Å². The number of unbranched alkanes of at least 4 members (excludes halogenated alkanes) is 1. The summed E-state index contributed by atoms with van der Waals surface area (Å²) in [5.74, 6) is -1.96. The fraction of sp³-hybridized carbons (Fsp3) is 0.286. The maximum Gasteiger partial charge on any atom is 0.325 e. The van der Waals surface area contributed by atoms with Gasteiger partial charge in [-0.15, -0.1) is 0 Å². The zero-order chi connectivity index (χ0) is 20.3. The van der Waals surface area contributed by atoms with Gasteiger partial charge in [0.25, 0.3) is 5.91 Å². The number of halogens is 2. The number of nitrogens with zero attached hydrogens (tertiary/aromatic N) is 1. The first-order valence-corrected chi connectivity index (χ1v) is 9.06. The first-order chi connectivity index (χ1) is 13.4. The van der Waals surface area contributed by atoms with E-state index in [4.69, 9.17) is 0 Å². The van der Waals surface area contributed by atoms with Crippen LogP contribution in [0.15, 0.2) is 48.5 Å². The molecule has 3 amide bonds. The highest BCUT2D eigenvalue weighted by Gasteiger charge is 2.52. The average molecular weight is 386 g/mol. The van der Waals surface area contributed by atoms with Gasteiger partial charge in [-0.3, -0.25) is 14.5 Å². The fourth-order valence-electron chi connectivity index (χ4n) is 3.33. The molecule has 7 heteroatoms. The van der Waals surface area contributed by atoms with Crippen LogP contribution in [0.5, 0.6) is 0 Å². The predicted molar refractivity (Wildman–Crippen MR) is 98.6 cm³/mol. The van der Waals surface area contributed by atoms with Crippen LogP contribution < -0.4 is 5.32 Å². The van der Waals surface area contributed by atoms with Crippen molar-refractivity contribution in [1.82, 2.24) is 10.2 Å². The van der Waals surface area contributed by atoms with Crippen LogP contribution >= 0.6 is 0 Å². The number of carbonyl (C=O) groups is 3. The molecule has 5 nitrogen and oxygen atoms in total. The van der Waals surface area contributed by atoms with E-state index < -0.39 is 41.4 Å². The van der Waals surface area contributed by atoms with Crippen LogP contribution in [0.3, 0.4) is 0 Å². The van der Waals surface area contributed by atoms with Gasteiger partial charge in [0, 0.05) is 5.56 Å². The maximum absolute atomic E-state index is 13.3. The number of Topliss-reactive ketones (excluding diaryl/α,β-unsaturated/α-hetero) is 1. The Kier molecular flexibility index (Phi) is 5.53. The number of hydrogen-bond donors (Lipinski definition) is 1. The zero-order valence-electron chi connectivity index (χ0n) is 15.4. The lowest BCUT2D eigenvalue weighted by Gasteiger charge is -2.27. The average Bonchev–Trinajstić information content (AvgIpc) is 2.92. The van der Waals surface area contributed by atoms with Gasteiger partial charge in [-0.2, -0.15) is 0 Å². The molecule has 2 aromatic rings. The Morgan fingerprint density at radius 1 is 1.00 bits per heavy atom. The number of ketones is 1. The quantitative estimate of drug-likeness (QED) is 0.582. The monoisotopic (exact) mass is 386 g/mol. The zero-order valence-corrected chi connectivity index (χ0v) is 15.4. The Balaban J connectivity index is 1.89. The number of rotatable bonds is 7. The number of imide groups is 1. The molecule has 1 N–H and O–H groups in total. The highest BCUT2D eigenvalue weighted by Crippen LogP contribution is 2.34. The summed E-state index contributed by atoms with van der Waals surface area (Å²) in [6.45, 7) is 1.50. The molecular formula is C21H20F2N2O3. The molecule has 0 saturated carbocycles. The number of amides is 3. The highest BCUT2D eigenvalue weighted by atomic mass is 19.1. The maximum atomic E-state index is 13.3. The van der Waals surface area contributed by atoms with Gasteiger partial charge < -0.3 is 5.32 Å². The molecule has 0 unspecified atom stereocenters. The third-order valence-electron chi connectivity index (χ3n) is 4.89. The number of benzene rings is 2. The minimum Gasteiger partial charge on any atom is -0.319 e. The van der Waals surface area contributed by atoms with Crippen molar-refractivity contribution >= 4 is 17.7 Å². The van der Waals surface area contributed by atoms with Crippen molar-refractivity contribution in [2.24, 2.45) is 0 Å². The first-order valence-electron chi connectivity index (χ1n) is 9.06. The second kappa shape index (κ2) is 7.88. The summed E-state index contributed by atoms with van der Waals surface area (Å²) in [4.78, 5) is 39.0. The molecule has 1 aliphatic rings. The second-order valence-corrected chi connectivity index (χ2v) is 6.77. The van der Waals surface area contributed by atoms with Crippen molar-refractivity contribution in [3.05, 3.63) is 71.3 Å². The van der Waals surface area contributed by atoms with Gasteiger partial charge in [-0.1, -0.05) is 31.9 Å². The van der Waals surface area contributed by atoms with Crippen molar-refractivity contribution in [1.29, 1.82) is 0 Å². The molecule has 0 spiro atoms. The minimum atomic E-state index is -1.33. The Hall–Kier alpha value is -3.09. The van der Waals surface area contributed by atoms with E-state index >= 15 is 0 Å². The van der Waals surface area contributed by atoms with Crippen LogP contribution in [0.2, 0.25) is 0 Å². The number of nitrogens with one attached hydrogen (secondary N) is 1. The Labute approximate surface area is 161 Å². The van der Waals surface area contributed by atoms with Crippen molar-refractivity contribution < 1.29 is 23.2 Å². The lowest BCUT2D eigenvalue weighted by Crippen LogP contribution is -2.44. The smallest absolute Gasteiger partial charge is 0.319 e. The SMILES string of the molecule is CCCC[C@]1(c2ccc(F)cc2)NC(=O)N(CC(=O)c2ccc(F)cc2)C1=O. The highest BCUT2D eigenvalue weighted by molar-refractivity contribution is 6.11. The number of carbonyl (C=O) groups excluding carboxylic acids is 3. The van der Waals surface area contributed by atoms with E-state index in [0.717, 1.165) is 23.5 Å². The van der Waals surface area contributed by atoms with Crippen LogP contribution in [-0.2, 0) is 10.3 Å². The summed E-state index contributed by atoms with van der Waals surface area (Å²) in [6, 6.07) is 9.61. The topological polar surface area (TPSA) is 66.5 Å². The van der Waals surface area contributed by atoms with E-state index in [2.05, 4.69) is 5.32 Å². The molecule has 0 aliphatic carbocycles. The molecule has 1 fully saturated rings. The van der Waals surface area contributed by atoms with Gasteiger partial charge in [0.15, 0.2) is 5.78 Å². The third-order valence-corrected chi connectivity index (χ3v) is 4.89. The molecule has 0 aromatic heterocycles. The van der Waals surface area contributed by atoms with Crippen LogP contribution in [0, 0.1) is 11.6 Å². The Bertz CT molecular complexity index is 897. The molecule has 1 aliphatic heterocycles. The van der Waals surface area contributed by atoms with E-state index in [1.165, 1.54) is 36.4 Å². The predicted octanol–water partition coefficient (Wildman–Crippen LogP) is 3.79. The minimum absolute atomic E-state index is 0.204. The molecule has 1 heterocycles. The van der Waals surface area contributed by atoms with E-state index in [-0.39, 0.29) is 5.56 Å². The summed E-state index contributed by atoms with van der Waals surface area (Å²) < 4.78 is 26.4. The summed E-state index contributed by atoms with van der Waals surface area (Å²) >= 11 is 0. The van der Waals surface area contributed by atoms with Crippen LogP contribution in [0.4, 0.5) is 13.6 Å². The molecule has 1 atom stereocenters. The third kappa shape index (κ3) is 3.65. The van der Waals surface area contributed by atoms with Crippen molar-refractivity contribution in [2.75, 3.05) is 6.54 Å². The summed E-state index contributed by atoms with van der Waals surface area (Å²) in [6.07, 6.45) is 1.78. The molecular weight excluding hydrogens is 366 g/mol. The molecule has 0 bridgehead atoms. The summed E-state index contributed by atoms with van der Waals surface area (Å²) in [5, 5.41) is 2.71. The van der Waals surface area contributed by atoms with Gasteiger partial charge in [-0.05, 0) is 48.4 Å². The molecule has 146 valence electrons. The summed E-state index contributed by atoms with van der Waals surface area (Å²) in [7, 11) is 0. The van der Waals surface area contributed by atoms with E-state index in [9.17, 15) is 23.2 Å². The first kappa shape index (κ1) is 19.7. The van der Waals surface area contributed by atoms with Crippen LogP contribution in [-0.4, -0.2) is 29.2 Å². The molecule has 1 saturated heterocycles. The number of urea groups is 1. The lowest BCUT2D eigenvalue weighted by molar-refractivity contribution is -0.131. The van der Waals surface area contributed by atoms with Gasteiger partial charge in [-0.25, -0.2) is 13.6 Å². The molecule has 2 aromatic carbocycles. The van der Waals surface area contributed by atoms with Crippen molar-refractivity contribution in [3.8, 4) is 0 Å². The normalized spacial score (nSPS) is 19.0. The second-order valence-electron chi connectivity index (χ2n) is 6.77. The summed E-state index contributed by atoms with van der Waals surface area (Å²) in [5.41, 5.74) is -0.656. The molecule has 3 rings (SSSR count). The van der Waals surface area contributed by atoms with E-state index in [1.54, 1.807) is 0 Å². The number of hydrogen-bond acceptors (Lipinski definition) is 3. The molecule has 28 heavy (non-hydrogen) atoms. The van der Waals surface area contributed by atoms with Crippen molar-refractivity contribution in [2.45, 2.75) is 31.7 Å². The Morgan fingerprint density at radius 2 is 1.57 bits per heavy atom. The van der Waals surface area contributed by atoms with E-state index in [0.29, 0.717) is 18.4 Å². The van der Waals surface area contributed by atoms with Crippen LogP contribution in [0.25, 0.3) is 0 Å². The largest absolute Gasteiger partial charge is 0.325 e. The van der Waals surface area contributed by atoms with Gasteiger partial charge in [0.05, 0.1) is 6.54 Å². The van der Waals surface area contributed by atoms with Crippen LogP contribution in [0.1, 0.15) is 42.1 Å². The lowest BCUT2D eigenvalue weighted by atomic mass is 9.84. The Morgan fingerprint density at radius 3 is 2.14 bits per heavy atom. The fourth-order valence-corrected chi connectivity index (χ4v) is 3.33. The van der Waals surface area contributed by atoms with Crippen molar-refractivity contribution in [3.63, 3.8) is 0 Å².